The molecule has 0 aliphatic carbocycles. The Balaban J connectivity index is 1.63. The maximum Gasteiger partial charge on any atom is 0.251 e. The van der Waals surface area contributed by atoms with Crippen molar-refractivity contribution in [1.29, 1.82) is 0 Å². The quantitative estimate of drug-likeness (QED) is 0.689. The number of H-pyrrole nitrogens is 1. The molecule has 5 heteroatoms. The molecular weight excluding hydrogens is 328 g/mol. The molecule has 1 aromatic heterocycles. The second-order valence-corrected chi connectivity index (χ2v) is 6.42. The molecule has 0 fully saturated rings. The lowest BCUT2D eigenvalue weighted by Gasteiger charge is -2.07. The molecule has 132 valence electrons. The Kier molecular flexibility index (Phi) is 4.98. The highest BCUT2D eigenvalue weighted by molar-refractivity contribution is 6.00. The zero-order chi connectivity index (χ0) is 18.7. The minimum atomic E-state index is -0.237. The summed E-state index contributed by atoms with van der Waals surface area (Å²) in [4.78, 5) is 38.8. The van der Waals surface area contributed by atoms with Crippen molar-refractivity contribution in [2.75, 3.05) is 5.32 Å². The smallest absolute Gasteiger partial charge is 0.251 e. The number of Topliss-reactive ketones (excluding diaryl/α,β-unsaturated/α-hetero) is 1. The van der Waals surface area contributed by atoms with Gasteiger partial charge in [0.2, 0.25) is 5.91 Å². The number of aryl methyl sites for hydroxylation is 2. The predicted molar refractivity (Wildman–Crippen MR) is 103 cm³/mol. The number of aromatic nitrogens is 1. The minimum absolute atomic E-state index is 0.0570. The van der Waals surface area contributed by atoms with Crippen LogP contribution in [0.2, 0.25) is 0 Å². The third kappa shape index (κ3) is 4.06. The summed E-state index contributed by atoms with van der Waals surface area (Å²) in [6.45, 7) is 3.71. The number of fused-ring (bicyclic) bond motifs is 1. The zero-order valence-corrected chi connectivity index (χ0v) is 14.8. The van der Waals surface area contributed by atoms with E-state index in [1.165, 1.54) is 0 Å². The van der Waals surface area contributed by atoms with Crippen molar-refractivity contribution in [3.8, 4) is 0 Å². The fourth-order valence-electron chi connectivity index (χ4n) is 2.72. The Morgan fingerprint density at radius 1 is 0.962 bits per heavy atom. The highest BCUT2D eigenvalue weighted by Crippen LogP contribution is 2.17. The lowest BCUT2D eigenvalue weighted by molar-refractivity contribution is -0.116. The van der Waals surface area contributed by atoms with Crippen molar-refractivity contribution in [2.24, 2.45) is 0 Å². The van der Waals surface area contributed by atoms with E-state index in [1.807, 2.05) is 25.1 Å². The SMILES string of the molecule is Cc1ccc(C(=O)CCC(=O)Nc2ccc3cc(C)c(=O)[nH]c3c2)cc1. The van der Waals surface area contributed by atoms with Crippen LogP contribution < -0.4 is 10.9 Å². The Labute approximate surface area is 151 Å². The highest BCUT2D eigenvalue weighted by Gasteiger charge is 2.10. The number of benzene rings is 2. The van der Waals surface area contributed by atoms with E-state index in [0.29, 0.717) is 22.3 Å². The number of aromatic amines is 1. The molecule has 5 nitrogen and oxygen atoms in total. The fraction of sp³-hybridized carbons (Fsp3) is 0.190. The van der Waals surface area contributed by atoms with Crippen LogP contribution in [0.25, 0.3) is 10.9 Å². The van der Waals surface area contributed by atoms with Gasteiger partial charge < -0.3 is 10.3 Å². The molecule has 1 amide bonds. The molecule has 0 bridgehead atoms. The first-order chi connectivity index (χ1) is 12.4. The molecule has 0 atom stereocenters. The van der Waals surface area contributed by atoms with Gasteiger partial charge >= 0.3 is 0 Å². The van der Waals surface area contributed by atoms with Gasteiger partial charge in [-0.1, -0.05) is 35.9 Å². The summed E-state index contributed by atoms with van der Waals surface area (Å²) >= 11 is 0. The van der Waals surface area contributed by atoms with Gasteiger partial charge in [-0.2, -0.15) is 0 Å². The first-order valence-electron chi connectivity index (χ1n) is 8.46. The topological polar surface area (TPSA) is 79.0 Å². The van der Waals surface area contributed by atoms with Crippen LogP contribution in [0, 0.1) is 13.8 Å². The summed E-state index contributed by atoms with van der Waals surface area (Å²) in [6.07, 6.45) is 0.258. The number of carbonyl (C=O) groups is 2. The molecular formula is C21H20N2O3. The van der Waals surface area contributed by atoms with Crippen molar-refractivity contribution in [2.45, 2.75) is 26.7 Å². The van der Waals surface area contributed by atoms with Crippen molar-refractivity contribution in [3.63, 3.8) is 0 Å². The Bertz CT molecular complexity index is 1030. The van der Waals surface area contributed by atoms with Gasteiger partial charge in [-0.05, 0) is 37.4 Å². The molecule has 0 unspecified atom stereocenters. The van der Waals surface area contributed by atoms with Crippen molar-refractivity contribution < 1.29 is 9.59 Å². The number of anilines is 1. The fourth-order valence-corrected chi connectivity index (χ4v) is 2.72. The van der Waals surface area contributed by atoms with Crippen LogP contribution in [0.1, 0.15) is 34.3 Å². The van der Waals surface area contributed by atoms with Gasteiger partial charge in [0.15, 0.2) is 5.78 Å². The number of carbonyl (C=O) groups excluding carboxylic acids is 2. The summed E-state index contributed by atoms with van der Waals surface area (Å²) in [5, 5.41) is 3.67. The largest absolute Gasteiger partial charge is 0.326 e. The molecule has 2 aromatic carbocycles. The van der Waals surface area contributed by atoms with E-state index in [4.69, 9.17) is 0 Å². The maximum absolute atomic E-state index is 12.1. The van der Waals surface area contributed by atoms with Crippen molar-refractivity contribution in [3.05, 3.63) is 75.6 Å². The monoisotopic (exact) mass is 348 g/mol. The number of hydrogen-bond donors (Lipinski definition) is 2. The van der Waals surface area contributed by atoms with Crippen LogP contribution >= 0.6 is 0 Å². The zero-order valence-electron chi connectivity index (χ0n) is 14.8. The van der Waals surface area contributed by atoms with Crippen LogP contribution in [0.4, 0.5) is 5.69 Å². The molecule has 0 saturated carbocycles. The summed E-state index contributed by atoms with van der Waals surface area (Å²) in [7, 11) is 0. The van der Waals surface area contributed by atoms with Crippen LogP contribution in [-0.2, 0) is 4.79 Å². The van der Waals surface area contributed by atoms with E-state index in [-0.39, 0.29) is 30.1 Å². The third-order valence-electron chi connectivity index (χ3n) is 4.27. The Morgan fingerprint density at radius 3 is 2.42 bits per heavy atom. The lowest BCUT2D eigenvalue weighted by atomic mass is 10.0. The van der Waals surface area contributed by atoms with Gasteiger partial charge in [0.1, 0.15) is 0 Å². The average molecular weight is 348 g/mol. The summed E-state index contributed by atoms with van der Waals surface area (Å²) in [5.74, 6) is -0.294. The van der Waals surface area contributed by atoms with Crippen LogP contribution in [0.15, 0.2) is 53.3 Å². The number of nitrogens with one attached hydrogen (secondary N) is 2. The second kappa shape index (κ2) is 7.35. The third-order valence-corrected chi connectivity index (χ3v) is 4.27. The van der Waals surface area contributed by atoms with Crippen LogP contribution in [0.3, 0.4) is 0 Å². The standard InChI is InChI=1S/C21H20N2O3/c1-13-3-5-15(6-4-13)19(24)9-10-20(25)22-17-8-7-16-11-14(2)21(26)23-18(16)12-17/h3-8,11-12H,9-10H2,1-2H3,(H,22,25)(H,23,26). The maximum atomic E-state index is 12.1. The molecule has 3 aromatic rings. The number of amides is 1. The number of rotatable bonds is 5. The molecule has 1 heterocycles. The molecule has 0 spiro atoms. The van der Waals surface area contributed by atoms with E-state index in [9.17, 15) is 14.4 Å². The summed E-state index contributed by atoms with van der Waals surface area (Å²) in [6, 6.07) is 14.4. The van der Waals surface area contributed by atoms with E-state index in [2.05, 4.69) is 10.3 Å². The second-order valence-electron chi connectivity index (χ2n) is 6.42. The van der Waals surface area contributed by atoms with Gasteiger partial charge in [0, 0.05) is 29.7 Å². The van der Waals surface area contributed by atoms with E-state index in [1.54, 1.807) is 37.3 Å². The molecule has 2 N–H and O–H groups in total. The molecule has 26 heavy (non-hydrogen) atoms. The number of hydrogen-bond acceptors (Lipinski definition) is 3. The van der Waals surface area contributed by atoms with Gasteiger partial charge in [-0.15, -0.1) is 0 Å². The van der Waals surface area contributed by atoms with Crippen LogP contribution in [-0.4, -0.2) is 16.7 Å². The van der Waals surface area contributed by atoms with E-state index in [0.717, 1.165) is 10.9 Å². The minimum Gasteiger partial charge on any atom is -0.326 e. The predicted octanol–water partition coefficient (Wildman–Crippen LogP) is 3.75. The normalized spacial score (nSPS) is 10.7. The Hall–Kier alpha value is -3.21. The van der Waals surface area contributed by atoms with Gasteiger partial charge in [0.25, 0.3) is 5.56 Å². The Morgan fingerprint density at radius 2 is 1.69 bits per heavy atom. The van der Waals surface area contributed by atoms with Crippen molar-refractivity contribution >= 4 is 28.3 Å². The summed E-state index contributed by atoms with van der Waals surface area (Å²) < 4.78 is 0. The molecule has 0 aliphatic heterocycles. The molecule has 0 aliphatic rings. The van der Waals surface area contributed by atoms with E-state index < -0.39 is 0 Å². The van der Waals surface area contributed by atoms with Crippen molar-refractivity contribution in [1.82, 2.24) is 4.98 Å². The van der Waals surface area contributed by atoms with Gasteiger partial charge in [0.05, 0.1) is 5.52 Å². The first-order valence-corrected chi connectivity index (χ1v) is 8.46. The lowest BCUT2D eigenvalue weighted by Crippen LogP contribution is -2.14. The number of pyridine rings is 1. The van der Waals surface area contributed by atoms with Gasteiger partial charge in [-0.3, -0.25) is 14.4 Å². The van der Waals surface area contributed by atoms with E-state index >= 15 is 0 Å². The number of ketones is 1. The molecule has 3 rings (SSSR count). The van der Waals surface area contributed by atoms with Gasteiger partial charge in [-0.25, -0.2) is 0 Å². The molecule has 0 saturated heterocycles. The molecule has 0 radical (unpaired) electrons. The first kappa shape index (κ1) is 17.6. The highest BCUT2D eigenvalue weighted by atomic mass is 16.2. The van der Waals surface area contributed by atoms with Crippen LogP contribution in [0.5, 0.6) is 0 Å². The average Bonchev–Trinajstić information content (AvgIpc) is 2.61. The summed E-state index contributed by atoms with van der Waals surface area (Å²) in [5.41, 5.74) is 3.44.